The van der Waals surface area contributed by atoms with Crippen LogP contribution in [-0.2, 0) is 6.61 Å². The summed E-state index contributed by atoms with van der Waals surface area (Å²) in [6, 6.07) is 9.27. The summed E-state index contributed by atoms with van der Waals surface area (Å²) in [5, 5.41) is 0. The van der Waals surface area contributed by atoms with Crippen molar-refractivity contribution in [3.63, 3.8) is 0 Å². The second-order valence-electron chi connectivity index (χ2n) is 9.11. The highest BCUT2D eigenvalue weighted by Crippen LogP contribution is 2.30. The van der Waals surface area contributed by atoms with E-state index in [0.717, 1.165) is 0 Å². The van der Waals surface area contributed by atoms with Gasteiger partial charge in [0, 0.05) is 18.4 Å². The van der Waals surface area contributed by atoms with Crippen molar-refractivity contribution < 1.29 is 23.5 Å². The molecule has 162 valence electrons. The number of hydrogen-bond donors (Lipinski definition) is 0. The van der Waals surface area contributed by atoms with Gasteiger partial charge in [-0.05, 0) is 35.6 Å². The predicted molar refractivity (Wildman–Crippen MR) is 116 cm³/mol. The molecule has 0 amide bonds. The highest BCUT2D eigenvalue weighted by Gasteiger charge is 2.23. The van der Waals surface area contributed by atoms with Crippen LogP contribution in [0.15, 0.2) is 36.4 Å². The Labute approximate surface area is 178 Å². The van der Waals surface area contributed by atoms with Crippen LogP contribution in [0.25, 0.3) is 0 Å². The highest BCUT2D eigenvalue weighted by atomic mass is 19.1. The number of hydrogen-bond acceptors (Lipinski definition) is 4. The Morgan fingerprint density at radius 2 is 1.73 bits per heavy atom. The average molecular weight is 415 g/mol. The number of methoxy groups -OCH3 is 1. The molecule has 0 aliphatic carbocycles. The van der Waals surface area contributed by atoms with Crippen LogP contribution in [0, 0.1) is 17.2 Å². The van der Waals surface area contributed by atoms with Crippen molar-refractivity contribution >= 4 is 11.6 Å². The van der Waals surface area contributed by atoms with Crippen LogP contribution < -0.4 is 9.47 Å². The first-order chi connectivity index (χ1) is 14.0. The van der Waals surface area contributed by atoms with Crippen molar-refractivity contribution in [3.8, 4) is 11.5 Å². The van der Waals surface area contributed by atoms with Crippen LogP contribution >= 0.6 is 0 Å². The minimum atomic E-state index is -0.489. The maximum Gasteiger partial charge on any atom is 0.167 e. The third kappa shape index (κ3) is 6.41. The van der Waals surface area contributed by atoms with Crippen molar-refractivity contribution in [3.05, 3.63) is 58.9 Å². The van der Waals surface area contributed by atoms with E-state index in [1.165, 1.54) is 25.3 Å². The van der Waals surface area contributed by atoms with E-state index in [0.29, 0.717) is 35.5 Å². The number of ether oxygens (including phenoxy) is 2. The predicted octanol–water partition coefficient (Wildman–Crippen LogP) is 6.26. The van der Waals surface area contributed by atoms with Gasteiger partial charge in [0.25, 0.3) is 0 Å². The number of Topliss-reactive ketones (excluding diaryl/α,β-unsaturated/α-hetero) is 2. The van der Waals surface area contributed by atoms with Gasteiger partial charge in [-0.3, -0.25) is 9.59 Å². The molecule has 0 spiro atoms. The molecule has 30 heavy (non-hydrogen) atoms. The van der Waals surface area contributed by atoms with Gasteiger partial charge in [0.1, 0.15) is 23.9 Å². The van der Waals surface area contributed by atoms with Gasteiger partial charge in [-0.2, -0.15) is 0 Å². The number of ketones is 2. The number of benzene rings is 2. The first-order valence-electron chi connectivity index (χ1n) is 10.2. The first kappa shape index (κ1) is 23.6. The summed E-state index contributed by atoms with van der Waals surface area (Å²) in [4.78, 5) is 25.5. The lowest BCUT2D eigenvalue weighted by molar-refractivity contribution is 0.0929. The topological polar surface area (TPSA) is 52.6 Å². The molecule has 0 aromatic heterocycles. The van der Waals surface area contributed by atoms with Gasteiger partial charge in [0.05, 0.1) is 18.2 Å². The summed E-state index contributed by atoms with van der Waals surface area (Å²) in [5.41, 5.74) is 1.18. The zero-order valence-electron chi connectivity index (χ0n) is 18.7. The second kappa shape index (κ2) is 9.88. The Balaban J connectivity index is 2.34. The quantitative estimate of drug-likeness (QED) is 0.454. The van der Waals surface area contributed by atoms with Gasteiger partial charge in [0.2, 0.25) is 0 Å². The molecular weight excluding hydrogens is 383 g/mol. The van der Waals surface area contributed by atoms with Crippen molar-refractivity contribution in [1.82, 2.24) is 0 Å². The number of rotatable bonds is 9. The molecule has 0 saturated heterocycles. The molecule has 0 fully saturated rings. The molecule has 0 heterocycles. The third-order valence-corrected chi connectivity index (χ3v) is 4.52. The van der Waals surface area contributed by atoms with Crippen molar-refractivity contribution in [1.29, 1.82) is 0 Å². The summed E-state index contributed by atoms with van der Waals surface area (Å²) >= 11 is 0. The molecule has 0 saturated carbocycles. The van der Waals surface area contributed by atoms with E-state index in [9.17, 15) is 14.0 Å². The lowest BCUT2D eigenvalue weighted by atomic mass is 9.86. The van der Waals surface area contributed by atoms with Gasteiger partial charge >= 0.3 is 0 Å². The minimum absolute atomic E-state index is 0.0336. The van der Waals surface area contributed by atoms with E-state index < -0.39 is 5.82 Å². The maximum absolute atomic E-state index is 13.8. The standard InChI is InChI=1S/C25H31FO4/c1-16(2)12-20(27)19-13-18(26)10-11-22(19)30-15-17-8-7-9-23(29-6)24(17)21(28)14-25(3,4)5/h7-11,13,16H,12,14-15H2,1-6H3. The molecule has 2 aromatic rings. The van der Waals surface area contributed by atoms with Crippen LogP contribution in [0.4, 0.5) is 4.39 Å². The lowest BCUT2D eigenvalue weighted by Crippen LogP contribution is -2.16. The fourth-order valence-corrected chi connectivity index (χ4v) is 3.24. The Hall–Kier alpha value is -2.69. The molecular formula is C25H31FO4. The smallest absolute Gasteiger partial charge is 0.167 e. The van der Waals surface area contributed by atoms with Crippen molar-refractivity contribution in [2.45, 2.75) is 54.1 Å². The van der Waals surface area contributed by atoms with Gasteiger partial charge in [-0.15, -0.1) is 0 Å². The molecule has 0 bridgehead atoms. The molecule has 2 aromatic carbocycles. The summed E-state index contributed by atoms with van der Waals surface area (Å²) in [6.45, 7) is 9.93. The van der Waals surface area contributed by atoms with Crippen LogP contribution in [0.1, 0.15) is 73.7 Å². The normalized spacial score (nSPS) is 11.5. The zero-order chi connectivity index (χ0) is 22.5. The van der Waals surface area contributed by atoms with E-state index in [4.69, 9.17) is 9.47 Å². The fourth-order valence-electron chi connectivity index (χ4n) is 3.24. The molecule has 0 N–H and O–H groups in total. The van der Waals surface area contributed by atoms with E-state index in [1.54, 1.807) is 18.2 Å². The maximum atomic E-state index is 13.8. The van der Waals surface area contributed by atoms with Gasteiger partial charge in [-0.25, -0.2) is 4.39 Å². The molecule has 2 rings (SSSR count). The van der Waals surface area contributed by atoms with Crippen LogP contribution in [-0.4, -0.2) is 18.7 Å². The number of carbonyl (C=O) groups is 2. The lowest BCUT2D eigenvalue weighted by Gasteiger charge is -2.20. The summed E-state index contributed by atoms with van der Waals surface area (Å²) in [6.07, 6.45) is 0.656. The summed E-state index contributed by atoms with van der Waals surface area (Å²) < 4.78 is 25.1. The Morgan fingerprint density at radius 1 is 1.03 bits per heavy atom. The number of halogens is 1. The zero-order valence-corrected chi connectivity index (χ0v) is 18.7. The molecule has 0 radical (unpaired) electrons. The second-order valence-corrected chi connectivity index (χ2v) is 9.11. The Morgan fingerprint density at radius 3 is 2.33 bits per heavy atom. The largest absolute Gasteiger partial charge is 0.496 e. The van der Waals surface area contributed by atoms with Crippen molar-refractivity contribution in [2.75, 3.05) is 7.11 Å². The van der Waals surface area contributed by atoms with Crippen LogP contribution in [0.3, 0.4) is 0 Å². The molecule has 0 unspecified atom stereocenters. The molecule has 4 nitrogen and oxygen atoms in total. The summed E-state index contributed by atoms with van der Waals surface area (Å²) in [7, 11) is 1.52. The van der Waals surface area contributed by atoms with E-state index in [2.05, 4.69) is 0 Å². The first-order valence-corrected chi connectivity index (χ1v) is 10.2. The monoisotopic (exact) mass is 414 g/mol. The third-order valence-electron chi connectivity index (χ3n) is 4.52. The van der Waals surface area contributed by atoms with Crippen molar-refractivity contribution in [2.24, 2.45) is 11.3 Å². The Bertz CT molecular complexity index is 910. The van der Waals surface area contributed by atoms with Gasteiger partial charge < -0.3 is 9.47 Å². The number of carbonyl (C=O) groups excluding carboxylic acids is 2. The molecule has 0 atom stereocenters. The Kier molecular flexibility index (Phi) is 7.77. The van der Waals surface area contributed by atoms with E-state index >= 15 is 0 Å². The minimum Gasteiger partial charge on any atom is -0.496 e. The average Bonchev–Trinajstić information content (AvgIpc) is 2.64. The molecule has 0 aliphatic heterocycles. The van der Waals surface area contributed by atoms with Crippen LogP contribution in [0.5, 0.6) is 11.5 Å². The van der Waals surface area contributed by atoms with E-state index in [-0.39, 0.29) is 35.1 Å². The van der Waals surface area contributed by atoms with Gasteiger partial charge in [-0.1, -0.05) is 46.8 Å². The SMILES string of the molecule is COc1cccc(COc2ccc(F)cc2C(=O)CC(C)C)c1C(=O)CC(C)(C)C. The fraction of sp³-hybridized carbons (Fsp3) is 0.440. The highest BCUT2D eigenvalue weighted by molar-refractivity contribution is 6.00. The molecule has 0 aliphatic rings. The summed E-state index contributed by atoms with van der Waals surface area (Å²) in [5.74, 6) is 0.244. The van der Waals surface area contributed by atoms with Crippen LogP contribution in [0.2, 0.25) is 0 Å². The molecule has 5 heteroatoms. The van der Waals surface area contributed by atoms with E-state index in [1.807, 2.05) is 34.6 Å². The van der Waals surface area contributed by atoms with Gasteiger partial charge in [0.15, 0.2) is 11.6 Å².